The summed E-state index contributed by atoms with van der Waals surface area (Å²) < 4.78 is 99.0. The number of nitrogens with one attached hydrogen (secondary N) is 2. The van der Waals surface area contributed by atoms with Gasteiger partial charge in [-0.05, 0) is 74.7 Å². The summed E-state index contributed by atoms with van der Waals surface area (Å²) in [6.07, 6.45) is -9.28. The predicted molar refractivity (Wildman–Crippen MR) is 173 cm³/mol. The zero-order chi connectivity index (χ0) is 37.5. The van der Waals surface area contributed by atoms with E-state index in [2.05, 4.69) is 47.7 Å². The summed E-state index contributed by atoms with van der Waals surface area (Å²) in [6, 6.07) is 12.4. The van der Waals surface area contributed by atoms with E-state index in [1.807, 2.05) is 0 Å². The van der Waals surface area contributed by atoms with Gasteiger partial charge in [-0.25, -0.2) is 9.67 Å². The Hall–Kier alpha value is -5.37. The zero-order valence-electron chi connectivity index (χ0n) is 26.4. The van der Waals surface area contributed by atoms with Crippen molar-refractivity contribution in [3.63, 3.8) is 0 Å². The van der Waals surface area contributed by atoms with Crippen molar-refractivity contribution >= 4 is 34.7 Å². The molecule has 2 aromatic carbocycles. The first-order chi connectivity index (χ1) is 23.6. The van der Waals surface area contributed by atoms with Crippen molar-refractivity contribution in [3.8, 4) is 35.4 Å². The minimum Gasteiger partial charge on any atom is -0.437 e. The van der Waals surface area contributed by atoms with Gasteiger partial charge in [0.15, 0.2) is 5.11 Å². The minimum atomic E-state index is -4.67. The minimum absolute atomic E-state index is 0.0349. The number of methoxy groups -OCH3 is 2. The van der Waals surface area contributed by atoms with Crippen molar-refractivity contribution in [1.82, 2.24) is 25.3 Å². The van der Waals surface area contributed by atoms with Crippen LogP contribution in [0.3, 0.4) is 0 Å². The maximum absolute atomic E-state index is 13.2. The molecule has 0 radical (unpaired) electrons. The van der Waals surface area contributed by atoms with E-state index in [1.165, 1.54) is 36.1 Å². The number of hydrogen-bond donors (Lipinski definition) is 2. The number of alkyl halides is 6. The second kappa shape index (κ2) is 19.0. The number of H-pyrrole nitrogens is 1. The molecule has 0 aliphatic heterocycles. The second-order valence-corrected chi connectivity index (χ2v) is 9.92. The summed E-state index contributed by atoms with van der Waals surface area (Å²) in [5.74, 6) is -0.869. The number of aliphatic imine (C=N–C) groups is 1. The van der Waals surface area contributed by atoms with Gasteiger partial charge in [0.1, 0.15) is 25.0 Å². The number of aromatic amines is 1. The lowest BCUT2D eigenvalue weighted by molar-refractivity contribution is -0.139. The molecule has 0 amide bonds. The number of benzene rings is 2. The zero-order valence-corrected chi connectivity index (χ0v) is 28.1. The van der Waals surface area contributed by atoms with Gasteiger partial charge in [0, 0.05) is 37.7 Å². The molecule has 0 saturated heterocycles. The maximum Gasteiger partial charge on any atom is 0.420 e. The molecule has 264 valence electrons. The van der Waals surface area contributed by atoms with E-state index >= 15 is 0 Å². The highest BCUT2D eigenvalue weighted by Crippen LogP contribution is 2.39. The molecule has 50 heavy (non-hydrogen) atoms. The lowest BCUT2D eigenvalue weighted by atomic mass is 10.1. The van der Waals surface area contributed by atoms with Crippen LogP contribution >= 0.6 is 24.4 Å². The van der Waals surface area contributed by atoms with Crippen LogP contribution in [-0.2, 0) is 21.8 Å². The average Bonchev–Trinajstić information content (AvgIpc) is 3.66. The van der Waals surface area contributed by atoms with Crippen molar-refractivity contribution < 1.29 is 45.3 Å². The molecule has 2 heterocycles. The molecule has 20 heteroatoms. The molecule has 4 rings (SSSR count). The molecule has 0 atom stereocenters. The Labute approximate surface area is 291 Å². The third-order valence-electron chi connectivity index (χ3n) is 5.62. The molecule has 0 aliphatic carbocycles. The number of thiocarbonyl (C=S) groups is 2. The summed E-state index contributed by atoms with van der Waals surface area (Å²) in [4.78, 5) is 3.43. The van der Waals surface area contributed by atoms with E-state index in [1.54, 1.807) is 33.1 Å². The topological polar surface area (TPSA) is 155 Å². The fourth-order valence-corrected chi connectivity index (χ4v) is 3.79. The van der Waals surface area contributed by atoms with Crippen molar-refractivity contribution in [3.05, 3.63) is 82.2 Å². The number of halogens is 6. The largest absolute Gasteiger partial charge is 0.437 e. The molecule has 0 unspecified atom stereocenters. The number of nitrogens with zero attached hydrogens (tertiary/aromatic N) is 6. The molecule has 0 fully saturated rings. The Balaban J connectivity index is 0.000000306. The lowest BCUT2D eigenvalue weighted by Crippen LogP contribution is -2.31. The number of hydrogen-bond acceptors (Lipinski definition) is 11. The molecule has 2 aromatic heterocycles. The van der Waals surface area contributed by atoms with Crippen LogP contribution in [0.15, 0.2) is 53.5 Å². The Kier molecular flexibility index (Phi) is 15.5. The van der Waals surface area contributed by atoms with E-state index in [9.17, 15) is 26.3 Å². The van der Waals surface area contributed by atoms with Gasteiger partial charge >= 0.3 is 12.4 Å². The number of nitriles is 2. The Morgan fingerprint density at radius 3 is 1.82 bits per heavy atom. The van der Waals surface area contributed by atoms with Gasteiger partial charge in [0.25, 0.3) is 0 Å². The normalized spacial score (nSPS) is 10.6. The van der Waals surface area contributed by atoms with Crippen molar-refractivity contribution in [2.75, 3.05) is 27.7 Å². The first kappa shape index (κ1) is 40.8. The van der Waals surface area contributed by atoms with Gasteiger partial charge in [-0.2, -0.15) is 36.9 Å². The van der Waals surface area contributed by atoms with Gasteiger partial charge in [-0.3, -0.25) is 5.10 Å². The highest BCUT2D eigenvalue weighted by Gasteiger charge is 2.36. The third kappa shape index (κ3) is 12.6. The van der Waals surface area contributed by atoms with Crippen LogP contribution in [0.2, 0.25) is 0 Å². The molecule has 12 nitrogen and oxygen atoms in total. The van der Waals surface area contributed by atoms with Crippen LogP contribution in [0, 0.1) is 36.5 Å². The SMILES string of the molecule is COCN=C=S.COCNC(=S)n1nc(Oc2ccc(C#N)cc2C(F)(F)F)cc1C.Cc1cc(Oc2ccc(C#N)cc2C(F)(F)F)n[nH]1. The predicted octanol–water partition coefficient (Wildman–Crippen LogP) is 7.29. The number of aryl methyl sites for hydroxylation is 2. The van der Waals surface area contributed by atoms with Crippen LogP contribution < -0.4 is 14.8 Å². The van der Waals surface area contributed by atoms with E-state index in [0.29, 0.717) is 18.1 Å². The molecular formula is C30H26F6N8O4S2. The molecule has 0 bridgehead atoms. The van der Waals surface area contributed by atoms with Crippen LogP contribution in [0.1, 0.15) is 33.6 Å². The van der Waals surface area contributed by atoms with Crippen molar-refractivity contribution in [2.45, 2.75) is 26.2 Å². The van der Waals surface area contributed by atoms with E-state index in [4.69, 9.17) is 37.0 Å². The highest BCUT2D eigenvalue weighted by atomic mass is 32.1. The summed E-state index contributed by atoms with van der Waals surface area (Å²) in [7, 11) is 3.03. The highest BCUT2D eigenvalue weighted by molar-refractivity contribution is 7.80. The Morgan fingerprint density at radius 2 is 1.42 bits per heavy atom. The number of aromatic nitrogens is 4. The van der Waals surface area contributed by atoms with E-state index in [-0.39, 0.29) is 34.7 Å². The summed E-state index contributed by atoms with van der Waals surface area (Å²) in [6.45, 7) is 3.85. The van der Waals surface area contributed by atoms with Crippen LogP contribution in [0.5, 0.6) is 23.3 Å². The van der Waals surface area contributed by atoms with E-state index in [0.717, 1.165) is 24.3 Å². The molecule has 2 N–H and O–H groups in total. The van der Waals surface area contributed by atoms with Gasteiger partial charge in [-0.1, -0.05) is 0 Å². The fraction of sp³-hybridized carbons (Fsp3) is 0.267. The van der Waals surface area contributed by atoms with Gasteiger partial charge in [-0.15, -0.1) is 10.2 Å². The monoisotopic (exact) mass is 740 g/mol. The van der Waals surface area contributed by atoms with Crippen molar-refractivity contribution in [1.29, 1.82) is 10.5 Å². The van der Waals surface area contributed by atoms with Crippen LogP contribution in [0.25, 0.3) is 0 Å². The molecule has 0 aliphatic rings. The smallest absolute Gasteiger partial charge is 0.420 e. The standard InChI is InChI=1S/C15H13F3N4O2S.C12H8F3N3O.C3H5NOS/c1-9-5-13(21-22(9)14(25)20-8-23-2)24-12-4-3-10(7-19)6-11(12)15(16,17)18;1-7-4-11(18-17-7)19-10-3-2-8(6-16)5-9(10)12(13,14)15;1-5-2-4-3-6/h3-6H,8H2,1-2H3,(H,20,25);2-5H,1H3,(H,17,18);2H2,1H3. The third-order valence-corrected chi connectivity index (χ3v) is 6.07. The number of rotatable bonds is 8. The molecule has 0 spiro atoms. The Bertz CT molecular complexity index is 1890. The van der Waals surface area contributed by atoms with Crippen LogP contribution in [-0.4, -0.2) is 57.9 Å². The first-order valence-electron chi connectivity index (χ1n) is 13.5. The summed E-state index contributed by atoms with van der Waals surface area (Å²) in [5, 5.41) is 32.8. The quantitative estimate of drug-likeness (QED) is 0.0810. The second-order valence-electron chi connectivity index (χ2n) is 9.35. The van der Waals surface area contributed by atoms with Crippen LogP contribution in [0.4, 0.5) is 26.3 Å². The lowest BCUT2D eigenvalue weighted by Gasteiger charge is -2.12. The summed E-state index contributed by atoms with van der Waals surface area (Å²) in [5.41, 5.74) is -1.04. The fourth-order valence-electron chi connectivity index (χ4n) is 3.49. The maximum atomic E-state index is 13.2. The first-order valence-corrected chi connectivity index (χ1v) is 14.4. The van der Waals surface area contributed by atoms with Gasteiger partial charge in [0.2, 0.25) is 11.8 Å². The van der Waals surface area contributed by atoms with Gasteiger partial charge < -0.3 is 24.3 Å². The van der Waals surface area contributed by atoms with E-state index < -0.39 is 35.0 Å². The molecule has 0 saturated carbocycles. The summed E-state index contributed by atoms with van der Waals surface area (Å²) >= 11 is 9.33. The number of ether oxygens (including phenoxy) is 4. The molecule has 4 aromatic rings. The Morgan fingerprint density at radius 1 is 0.880 bits per heavy atom. The van der Waals surface area contributed by atoms with Crippen molar-refractivity contribution in [2.24, 2.45) is 4.99 Å². The average molecular weight is 741 g/mol. The molecular weight excluding hydrogens is 715 g/mol. The number of isothiocyanates is 1. The van der Waals surface area contributed by atoms with Gasteiger partial charge in [0.05, 0.1) is 39.6 Å².